The molecule has 4 amide bonds. The number of amides is 4. The second-order valence-electron chi connectivity index (χ2n) is 18.8. The Morgan fingerprint density at radius 3 is 2.25 bits per heavy atom. The molecule has 3 aliphatic carbocycles. The number of benzene rings is 3. The molecule has 6 atom stereocenters. The first-order chi connectivity index (χ1) is 30.5. The molecular weight excluding hydrogens is 835 g/mol. The van der Waals surface area contributed by atoms with E-state index in [-0.39, 0.29) is 19.4 Å². The molecule has 2 heterocycles. The Morgan fingerprint density at radius 1 is 0.969 bits per heavy atom. The molecule has 1 aromatic heterocycles. The van der Waals surface area contributed by atoms with Crippen LogP contribution in [0.4, 0.5) is 0 Å². The standard InChI is InChI=1S/C49H57N5O9S/c1-7-33-28-49(33,46(58)53-64(59,60)48(22-23-48)27-30-18-19-30)52-43(55)39-25-35(63-40-26-37(31-14-10-8-11-15-31)50-38-24-34(61-5)20-21-36(38)40)29-54(39)45(57)42(47(2,3)4)51-44(56)41(62-6)32-16-12-9-13-17-32/h7-17,20-21,24,26,30,33,35,39,41-42H,1,18-19,22-23,25,27-29H2,2-6H3,(H,51,56)(H,52,55)(H,53,58). The van der Waals surface area contributed by atoms with E-state index in [0.717, 1.165) is 18.4 Å². The third kappa shape index (κ3) is 8.97. The minimum absolute atomic E-state index is 0.00693. The maximum Gasteiger partial charge on any atom is 0.259 e. The van der Waals surface area contributed by atoms with Crippen LogP contribution in [0.5, 0.6) is 11.5 Å². The smallest absolute Gasteiger partial charge is 0.259 e. The van der Waals surface area contributed by atoms with Gasteiger partial charge in [-0.25, -0.2) is 13.4 Å². The first kappa shape index (κ1) is 44.8. The van der Waals surface area contributed by atoms with E-state index in [2.05, 4.69) is 21.9 Å². The van der Waals surface area contributed by atoms with Crippen molar-refractivity contribution >= 4 is 44.6 Å². The first-order valence-corrected chi connectivity index (χ1v) is 23.4. The zero-order valence-corrected chi connectivity index (χ0v) is 37.8. The van der Waals surface area contributed by atoms with Crippen molar-refractivity contribution < 1.29 is 41.8 Å². The van der Waals surface area contributed by atoms with Crippen LogP contribution in [0.3, 0.4) is 0 Å². The van der Waals surface area contributed by atoms with Gasteiger partial charge in [0.25, 0.3) is 11.8 Å². The highest BCUT2D eigenvalue weighted by Crippen LogP contribution is 2.53. The number of pyridine rings is 1. The lowest BCUT2D eigenvalue weighted by Crippen LogP contribution is -2.60. The van der Waals surface area contributed by atoms with Crippen molar-refractivity contribution in [2.45, 2.75) is 100 Å². The molecule has 1 saturated heterocycles. The molecule has 8 rings (SSSR count). The van der Waals surface area contributed by atoms with Crippen LogP contribution in [-0.2, 0) is 33.9 Å². The van der Waals surface area contributed by atoms with Crippen molar-refractivity contribution in [1.82, 2.24) is 25.2 Å². The van der Waals surface area contributed by atoms with E-state index in [9.17, 15) is 22.8 Å². The fraction of sp³-hybridized carbons (Fsp3) is 0.449. The number of likely N-dealkylation sites (tertiary alicyclic amines) is 1. The summed E-state index contributed by atoms with van der Waals surface area (Å²) in [6.07, 6.45) is 3.32. The van der Waals surface area contributed by atoms with Crippen LogP contribution >= 0.6 is 0 Å². The highest BCUT2D eigenvalue weighted by atomic mass is 32.2. The number of aromatic nitrogens is 1. The Bertz CT molecular complexity index is 2560. The fourth-order valence-corrected chi connectivity index (χ4v) is 10.7. The monoisotopic (exact) mass is 891 g/mol. The number of sulfonamides is 1. The van der Waals surface area contributed by atoms with Crippen molar-refractivity contribution in [3.63, 3.8) is 0 Å². The Morgan fingerprint density at radius 2 is 1.66 bits per heavy atom. The molecular formula is C49H57N5O9S. The minimum atomic E-state index is -4.05. The lowest BCUT2D eigenvalue weighted by atomic mass is 9.85. The zero-order valence-electron chi connectivity index (χ0n) is 37.0. The molecule has 0 radical (unpaired) electrons. The number of fused-ring (bicyclic) bond motifs is 1. The quantitative estimate of drug-likeness (QED) is 0.106. The van der Waals surface area contributed by atoms with Gasteiger partial charge in [0.2, 0.25) is 21.8 Å². The van der Waals surface area contributed by atoms with Gasteiger partial charge in [-0.1, -0.05) is 100 Å². The molecule has 15 heteroatoms. The summed E-state index contributed by atoms with van der Waals surface area (Å²) < 4.78 is 46.7. The molecule has 0 bridgehead atoms. The van der Waals surface area contributed by atoms with Gasteiger partial charge in [-0.05, 0) is 54.7 Å². The summed E-state index contributed by atoms with van der Waals surface area (Å²) in [5.74, 6) is -1.72. The Kier molecular flexibility index (Phi) is 12.1. The summed E-state index contributed by atoms with van der Waals surface area (Å²) in [6, 6.07) is 23.5. The van der Waals surface area contributed by atoms with Gasteiger partial charge in [0.05, 0.1) is 29.6 Å². The van der Waals surface area contributed by atoms with Crippen LogP contribution in [0.1, 0.15) is 77.4 Å². The van der Waals surface area contributed by atoms with E-state index >= 15 is 4.79 Å². The molecule has 4 fully saturated rings. The van der Waals surface area contributed by atoms with E-state index < -0.39 is 79.6 Å². The second kappa shape index (κ2) is 17.3. The lowest BCUT2D eigenvalue weighted by Gasteiger charge is -2.36. The van der Waals surface area contributed by atoms with Gasteiger partial charge < -0.3 is 29.7 Å². The van der Waals surface area contributed by atoms with Crippen molar-refractivity contribution in [2.75, 3.05) is 20.8 Å². The highest BCUT2D eigenvalue weighted by Gasteiger charge is 2.64. The largest absolute Gasteiger partial charge is 0.497 e. The minimum Gasteiger partial charge on any atom is -0.497 e. The van der Waals surface area contributed by atoms with Gasteiger partial charge in [-0.3, -0.25) is 23.9 Å². The van der Waals surface area contributed by atoms with E-state index in [1.165, 1.54) is 18.1 Å². The molecule has 6 unspecified atom stereocenters. The second-order valence-corrected chi connectivity index (χ2v) is 20.9. The number of hydrogen-bond acceptors (Lipinski definition) is 10. The van der Waals surface area contributed by atoms with E-state index in [1.807, 2.05) is 75.4 Å². The number of carbonyl (C=O) groups is 4. The number of methoxy groups -OCH3 is 2. The van der Waals surface area contributed by atoms with Gasteiger partial charge in [0.15, 0.2) is 6.10 Å². The maximum atomic E-state index is 15.1. The molecule has 3 aromatic carbocycles. The van der Waals surface area contributed by atoms with Crippen LogP contribution in [0.25, 0.3) is 22.2 Å². The van der Waals surface area contributed by atoms with Crippen molar-refractivity contribution in [2.24, 2.45) is 17.3 Å². The summed E-state index contributed by atoms with van der Waals surface area (Å²) in [5, 5.41) is 6.51. The summed E-state index contributed by atoms with van der Waals surface area (Å²) in [7, 11) is -1.06. The lowest BCUT2D eigenvalue weighted by molar-refractivity contribution is -0.146. The fourth-order valence-electron chi connectivity index (χ4n) is 9.00. The predicted octanol–water partition coefficient (Wildman–Crippen LogP) is 6.02. The molecule has 0 spiro atoms. The number of rotatable bonds is 17. The van der Waals surface area contributed by atoms with Crippen LogP contribution in [-0.4, -0.2) is 91.2 Å². The van der Waals surface area contributed by atoms with Crippen LogP contribution in [0.2, 0.25) is 0 Å². The molecule has 1 aliphatic heterocycles. The average Bonchev–Trinajstić information content (AvgIpc) is 4.23. The van der Waals surface area contributed by atoms with Crippen LogP contribution in [0, 0.1) is 17.3 Å². The van der Waals surface area contributed by atoms with Gasteiger partial charge >= 0.3 is 0 Å². The van der Waals surface area contributed by atoms with Gasteiger partial charge in [0.1, 0.15) is 35.2 Å². The Labute approximate surface area is 374 Å². The number of carbonyl (C=O) groups excluding carboxylic acids is 4. The van der Waals surface area contributed by atoms with Crippen LogP contribution < -0.4 is 24.8 Å². The van der Waals surface area contributed by atoms with Gasteiger partial charge in [-0.15, -0.1) is 6.58 Å². The van der Waals surface area contributed by atoms with Crippen molar-refractivity contribution in [3.05, 3.63) is 103 Å². The molecule has 4 aliphatic rings. The SMILES string of the molecule is C=CC1CC1(NC(=O)C1CC(Oc2cc(-c3ccccc3)nc3cc(OC)ccc23)CN1C(=O)C(NC(=O)C(OC)c1ccccc1)C(C)(C)C)C(=O)NS(=O)(=O)C1(CC2CC2)CC1. The van der Waals surface area contributed by atoms with Gasteiger partial charge in [0, 0.05) is 42.5 Å². The zero-order chi connectivity index (χ0) is 45.6. The van der Waals surface area contributed by atoms with Crippen molar-refractivity contribution in [3.8, 4) is 22.8 Å². The van der Waals surface area contributed by atoms with Gasteiger partial charge in [-0.2, -0.15) is 0 Å². The number of hydrogen-bond donors (Lipinski definition) is 3. The third-order valence-corrected chi connectivity index (χ3v) is 15.3. The average molecular weight is 892 g/mol. The summed E-state index contributed by atoms with van der Waals surface area (Å²) >= 11 is 0. The molecule has 64 heavy (non-hydrogen) atoms. The van der Waals surface area contributed by atoms with E-state index in [4.69, 9.17) is 19.2 Å². The number of nitrogens with one attached hydrogen (secondary N) is 3. The van der Waals surface area contributed by atoms with E-state index in [0.29, 0.717) is 58.8 Å². The summed E-state index contributed by atoms with van der Waals surface area (Å²) in [4.78, 5) is 64.3. The van der Waals surface area contributed by atoms with Crippen LogP contribution in [0.15, 0.2) is 97.6 Å². The molecule has 3 saturated carbocycles. The normalized spacial score (nSPS) is 23.3. The number of ether oxygens (including phenoxy) is 3. The number of nitrogens with zero attached hydrogens (tertiary/aromatic N) is 2. The maximum absolute atomic E-state index is 15.1. The summed E-state index contributed by atoms with van der Waals surface area (Å²) in [6.45, 7) is 9.26. The molecule has 338 valence electrons. The molecule has 3 N–H and O–H groups in total. The first-order valence-electron chi connectivity index (χ1n) is 21.9. The topological polar surface area (TPSA) is 182 Å². The third-order valence-electron chi connectivity index (χ3n) is 13.2. The Hall–Kier alpha value is -5.80. The highest BCUT2D eigenvalue weighted by molar-refractivity contribution is 7.91. The molecule has 14 nitrogen and oxygen atoms in total. The van der Waals surface area contributed by atoms with Crippen molar-refractivity contribution in [1.29, 1.82) is 0 Å². The predicted molar refractivity (Wildman–Crippen MR) is 241 cm³/mol. The molecule has 4 aromatic rings. The Balaban J connectivity index is 1.11. The summed E-state index contributed by atoms with van der Waals surface area (Å²) in [5.41, 5.74) is 0.229. The van der Waals surface area contributed by atoms with E-state index in [1.54, 1.807) is 37.4 Å².